The molecule has 4 aromatic rings. The van der Waals surface area contributed by atoms with Crippen LogP contribution in [0.5, 0.6) is 0 Å². The van der Waals surface area contributed by atoms with Gasteiger partial charge in [0.1, 0.15) is 34.6 Å². The van der Waals surface area contributed by atoms with Crippen LogP contribution >= 0.6 is 0 Å². The SMILES string of the molecule is CC(C)C(=O)C1CCC(C(=O)C(C)C)CC1.CC(C)C(=O)CCCCCNc1c(C(C)C)c(=O)c1=O.CC(C)C(=O)CCc1cn(C(C)C)nn1.CC(C)C(=O)Cc1ccc(-c2cn(C(C)C)nn2)cc1. The molecule has 0 aliphatic heterocycles. The minimum absolute atomic E-state index is 0.0839. The van der Waals surface area contributed by atoms with Crippen LogP contribution in [0.3, 0.4) is 0 Å². The number of aryl methyl sites for hydroxylation is 1. The number of anilines is 1. The molecule has 71 heavy (non-hydrogen) atoms. The Morgan fingerprint density at radius 1 is 0.563 bits per heavy atom. The van der Waals surface area contributed by atoms with Gasteiger partial charge in [0.2, 0.25) is 10.9 Å². The topological polar surface area (TPSA) is 193 Å². The standard InChI is InChI=1S/C16H21N3O.C16H25NO3.C14H24O2.C11H19N3O/c1-11(2)16(20)9-13-5-7-14(8-6-13)15-10-19(12(3)4)18-17-15;1-10(2)12(18)8-6-5-7-9-17-14-13(11(3)4)15(19)16(14)20;1-9(2)13(15)11-5-7-12(8-6-11)14(16)10(3)4;1-8(2)11(15)6-5-10-7-14(9(3)4)13-12-10/h5-8,10-12H,9H2,1-4H3;10-11,17H,5-9H2,1-4H3;9-12H,5-8H2,1-4H3;7-9H,5-6H2,1-4H3. The van der Waals surface area contributed by atoms with Gasteiger partial charge in [-0.2, -0.15) is 0 Å². The van der Waals surface area contributed by atoms with Crippen molar-refractivity contribution in [3.05, 3.63) is 73.9 Å². The zero-order valence-electron chi connectivity index (χ0n) is 46.3. The van der Waals surface area contributed by atoms with Gasteiger partial charge in [-0.05, 0) is 77.7 Å². The van der Waals surface area contributed by atoms with Crippen molar-refractivity contribution in [2.75, 3.05) is 11.9 Å². The summed E-state index contributed by atoms with van der Waals surface area (Å²) in [6, 6.07) is 8.61. The molecule has 0 saturated heterocycles. The molecule has 0 bridgehead atoms. The van der Waals surface area contributed by atoms with Gasteiger partial charge >= 0.3 is 0 Å². The summed E-state index contributed by atoms with van der Waals surface area (Å²) in [7, 11) is 0. The Kier molecular flexibility index (Phi) is 26.6. The lowest BCUT2D eigenvalue weighted by molar-refractivity contribution is -0.131. The number of rotatable bonds is 23. The molecule has 394 valence electrons. The third-order valence-corrected chi connectivity index (χ3v) is 12.9. The van der Waals surface area contributed by atoms with Crippen LogP contribution in [0.4, 0.5) is 5.69 Å². The number of carbonyl (C=O) groups excluding carboxylic acids is 5. The number of Topliss-reactive ketones (excluding diaryl/α,β-unsaturated/α-hetero) is 5. The first-order chi connectivity index (χ1) is 33.3. The van der Waals surface area contributed by atoms with E-state index in [1.54, 1.807) is 0 Å². The highest BCUT2D eigenvalue weighted by Crippen LogP contribution is 2.32. The van der Waals surface area contributed by atoms with E-state index in [1.807, 2.05) is 129 Å². The lowest BCUT2D eigenvalue weighted by Crippen LogP contribution is -2.39. The Morgan fingerprint density at radius 2 is 1.04 bits per heavy atom. The summed E-state index contributed by atoms with van der Waals surface area (Å²) in [6.07, 6.45) is 12.7. The van der Waals surface area contributed by atoms with Gasteiger partial charge in [-0.3, -0.25) is 33.6 Å². The second-order valence-electron chi connectivity index (χ2n) is 21.7. The summed E-state index contributed by atoms with van der Waals surface area (Å²) < 4.78 is 3.65. The van der Waals surface area contributed by atoms with Crippen molar-refractivity contribution in [2.24, 2.45) is 41.4 Å². The predicted molar refractivity (Wildman–Crippen MR) is 285 cm³/mol. The lowest BCUT2D eigenvalue weighted by Gasteiger charge is -2.28. The van der Waals surface area contributed by atoms with Crippen molar-refractivity contribution in [3.63, 3.8) is 0 Å². The normalized spacial score (nSPS) is 14.7. The van der Waals surface area contributed by atoms with Gasteiger partial charge in [-0.25, -0.2) is 9.36 Å². The van der Waals surface area contributed by atoms with Crippen LogP contribution in [0, 0.1) is 41.4 Å². The van der Waals surface area contributed by atoms with Crippen molar-refractivity contribution in [1.29, 1.82) is 0 Å². The Morgan fingerprint density at radius 3 is 1.48 bits per heavy atom. The van der Waals surface area contributed by atoms with E-state index in [0.717, 1.165) is 67.5 Å². The number of carbonyl (C=O) groups is 5. The average molecular weight is 984 g/mol. The minimum atomic E-state index is -0.385. The van der Waals surface area contributed by atoms with E-state index in [9.17, 15) is 33.6 Å². The largest absolute Gasteiger partial charge is 0.381 e. The number of nitrogens with one attached hydrogen (secondary N) is 1. The number of unbranched alkanes of at least 4 members (excludes halogenated alkanes) is 2. The molecule has 1 N–H and O–H groups in total. The monoisotopic (exact) mass is 984 g/mol. The van der Waals surface area contributed by atoms with Crippen molar-refractivity contribution >= 4 is 34.6 Å². The molecule has 0 radical (unpaired) electrons. The Hall–Kier alpha value is -5.27. The van der Waals surface area contributed by atoms with E-state index in [0.29, 0.717) is 72.9 Å². The molecule has 1 aliphatic carbocycles. The number of hydrogen-bond donors (Lipinski definition) is 1. The first kappa shape index (κ1) is 61.8. The predicted octanol–water partition coefficient (Wildman–Crippen LogP) is 11.2. The summed E-state index contributed by atoms with van der Waals surface area (Å²) in [6.45, 7) is 32.2. The molecule has 0 amide bonds. The highest BCUT2D eigenvalue weighted by molar-refractivity contribution is 5.85. The van der Waals surface area contributed by atoms with E-state index in [4.69, 9.17) is 0 Å². The lowest BCUT2D eigenvalue weighted by atomic mass is 9.75. The minimum Gasteiger partial charge on any atom is -0.381 e. The van der Waals surface area contributed by atoms with Crippen LogP contribution in [0.25, 0.3) is 11.3 Å². The molecule has 0 spiro atoms. The second-order valence-corrected chi connectivity index (χ2v) is 21.7. The van der Waals surface area contributed by atoms with Crippen LogP contribution in [0.15, 0.2) is 46.2 Å². The third kappa shape index (κ3) is 20.8. The third-order valence-electron chi connectivity index (χ3n) is 12.9. The van der Waals surface area contributed by atoms with Crippen molar-refractivity contribution in [3.8, 4) is 11.3 Å². The van der Waals surface area contributed by atoms with Gasteiger partial charge in [0.05, 0.1) is 17.6 Å². The Bertz CT molecular complexity index is 2300. The zero-order chi connectivity index (χ0) is 53.7. The number of benzene rings is 1. The average Bonchev–Trinajstić information content (AvgIpc) is 4.03. The van der Waals surface area contributed by atoms with Crippen LogP contribution in [-0.2, 0) is 36.8 Å². The van der Waals surface area contributed by atoms with Gasteiger partial charge < -0.3 is 5.32 Å². The first-order valence-electron chi connectivity index (χ1n) is 26.4. The highest BCUT2D eigenvalue weighted by atomic mass is 16.2. The number of hydrogen-bond acceptors (Lipinski definition) is 12. The van der Waals surface area contributed by atoms with E-state index < -0.39 is 0 Å². The molecule has 5 rings (SSSR count). The molecular formula is C57H89N7O7. The molecule has 14 nitrogen and oxygen atoms in total. The summed E-state index contributed by atoms with van der Waals surface area (Å²) in [4.78, 5) is 81.0. The summed E-state index contributed by atoms with van der Waals surface area (Å²) >= 11 is 0. The quantitative estimate of drug-likeness (QED) is 0.0547. The molecule has 0 unspecified atom stereocenters. The molecule has 14 heteroatoms. The van der Waals surface area contributed by atoms with Gasteiger partial charge in [0.25, 0.3) is 0 Å². The molecular weight excluding hydrogens is 895 g/mol. The van der Waals surface area contributed by atoms with Gasteiger partial charge in [-0.1, -0.05) is 124 Å². The molecule has 2 heterocycles. The van der Waals surface area contributed by atoms with E-state index in [2.05, 4.69) is 53.6 Å². The van der Waals surface area contributed by atoms with Gasteiger partial charge in [-0.15, -0.1) is 10.2 Å². The molecule has 1 aliphatic rings. The fourth-order valence-electron chi connectivity index (χ4n) is 7.92. The molecule has 1 fully saturated rings. The first-order valence-corrected chi connectivity index (χ1v) is 26.4. The van der Waals surface area contributed by atoms with E-state index in [-0.39, 0.29) is 69.8 Å². The van der Waals surface area contributed by atoms with Gasteiger partial charge in [0, 0.05) is 103 Å². The molecule has 2 aromatic heterocycles. The van der Waals surface area contributed by atoms with Crippen LogP contribution < -0.4 is 16.2 Å². The van der Waals surface area contributed by atoms with E-state index >= 15 is 0 Å². The maximum atomic E-state index is 11.8. The highest BCUT2D eigenvalue weighted by Gasteiger charge is 2.31. The van der Waals surface area contributed by atoms with Crippen LogP contribution in [0.2, 0.25) is 0 Å². The fraction of sp³-hybridized carbons (Fsp3) is 0.667. The summed E-state index contributed by atoms with van der Waals surface area (Å²) in [5.74, 6) is 2.76. The van der Waals surface area contributed by atoms with Crippen LogP contribution in [0.1, 0.15) is 203 Å². The Labute approximate surface area is 425 Å². The number of ketones is 5. The summed E-state index contributed by atoms with van der Waals surface area (Å²) in [5.41, 5.74) is 4.24. The molecule has 1 saturated carbocycles. The van der Waals surface area contributed by atoms with E-state index in [1.165, 1.54) is 0 Å². The maximum absolute atomic E-state index is 11.8. The van der Waals surface area contributed by atoms with Gasteiger partial charge in [0.15, 0.2) is 0 Å². The maximum Gasteiger partial charge on any atom is 0.249 e. The van der Waals surface area contributed by atoms with Crippen molar-refractivity contribution in [1.82, 2.24) is 30.0 Å². The zero-order valence-corrected chi connectivity index (χ0v) is 46.3. The Balaban J connectivity index is 0.000000327. The smallest absolute Gasteiger partial charge is 0.249 e. The van der Waals surface area contributed by atoms with Crippen molar-refractivity contribution < 1.29 is 24.0 Å². The second kappa shape index (κ2) is 30.6. The number of nitrogens with zero attached hydrogens (tertiary/aromatic N) is 6. The summed E-state index contributed by atoms with van der Waals surface area (Å²) in [5, 5.41) is 19.4. The number of aromatic nitrogens is 6. The molecule has 0 atom stereocenters. The van der Waals surface area contributed by atoms with Crippen LogP contribution in [-0.4, -0.2) is 65.4 Å². The van der Waals surface area contributed by atoms with Crippen molar-refractivity contribution in [2.45, 2.75) is 199 Å². The fourth-order valence-corrected chi connectivity index (χ4v) is 7.92. The molecule has 2 aromatic carbocycles.